The topological polar surface area (TPSA) is 87.7 Å². The van der Waals surface area contributed by atoms with Gasteiger partial charge in [-0.05, 0) is 61.1 Å². The van der Waals surface area contributed by atoms with Gasteiger partial charge in [0.2, 0.25) is 5.91 Å². The van der Waals surface area contributed by atoms with Crippen LogP contribution in [0.5, 0.6) is 5.75 Å². The van der Waals surface area contributed by atoms with Gasteiger partial charge in [-0.2, -0.15) is 8.78 Å². The highest BCUT2D eigenvalue weighted by molar-refractivity contribution is 6.10. The number of imide groups is 1. The summed E-state index contributed by atoms with van der Waals surface area (Å²) in [6.45, 7) is -3.40. The van der Waals surface area contributed by atoms with Crippen molar-refractivity contribution < 1.29 is 27.9 Å². The lowest BCUT2D eigenvalue weighted by Crippen LogP contribution is -2.44. The van der Waals surface area contributed by atoms with Gasteiger partial charge >= 0.3 is 12.6 Å². The standard InChI is InChI=1S/C22H21F2N3O4/c23-20(24)31-16-10-8-15(9-11-16)25-18(28)13-27-19(29)22(26-21(27)30)12-4-3-6-14-5-1-2-7-17(14)22/h1-2,5,7-11,20H,3-4,6,12-13H2,(H,25,28)(H,26,30). The molecule has 1 saturated heterocycles. The van der Waals surface area contributed by atoms with Crippen molar-refractivity contribution in [1.82, 2.24) is 10.2 Å². The van der Waals surface area contributed by atoms with Crippen LogP contribution in [0.4, 0.5) is 19.3 Å². The molecule has 0 saturated carbocycles. The average Bonchev–Trinajstić information content (AvgIpc) is 2.88. The number of alkyl halides is 2. The van der Waals surface area contributed by atoms with Gasteiger partial charge in [-0.25, -0.2) is 4.79 Å². The molecule has 1 aliphatic carbocycles. The number of nitrogens with zero attached hydrogens (tertiary/aromatic N) is 1. The van der Waals surface area contributed by atoms with Crippen LogP contribution in [0.15, 0.2) is 48.5 Å². The maximum Gasteiger partial charge on any atom is 0.387 e. The molecule has 1 aliphatic heterocycles. The number of nitrogens with one attached hydrogen (secondary N) is 2. The third-order valence-corrected chi connectivity index (χ3v) is 5.57. The minimum absolute atomic E-state index is 0.0453. The highest BCUT2D eigenvalue weighted by atomic mass is 19.3. The van der Waals surface area contributed by atoms with Crippen molar-refractivity contribution in [2.75, 3.05) is 11.9 Å². The molecule has 0 bridgehead atoms. The Bertz CT molecular complexity index is 1010. The number of fused-ring (bicyclic) bond motifs is 2. The number of hydrogen-bond acceptors (Lipinski definition) is 4. The molecule has 31 heavy (non-hydrogen) atoms. The lowest BCUT2D eigenvalue weighted by atomic mass is 9.84. The number of hydrogen-bond donors (Lipinski definition) is 2. The van der Waals surface area contributed by atoms with Gasteiger partial charge in [0.15, 0.2) is 0 Å². The normalized spacial score (nSPS) is 20.4. The van der Waals surface area contributed by atoms with Crippen LogP contribution in [0.2, 0.25) is 0 Å². The Morgan fingerprint density at radius 2 is 1.87 bits per heavy atom. The summed E-state index contributed by atoms with van der Waals surface area (Å²) in [5, 5.41) is 5.39. The van der Waals surface area contributed by atoms with Crippen LogP contribution < -0.4 is 15.4 Å². The molecule has 2 aliphatic rings. The number of ether oxygens (including phenoxy) is 1. The smallest absolute Gasteiger partial charge is 0.387 e. The highest BCUT2D eigenvalue weighted by Gasteiger charge is 2.53. The summed E-state index contributed by atoms with van der Waals surface area (Å²) in [5.41, 5.74) is 0.973. The largest absolute Gasteiger partial charge is 0.435 e. The predicted octanol–water partition coefficient (Wildman–Crippen LogP) is 3.40. The van der Waals surface area contributed by atoms with Gasteiger partial charge in [0.25, 0.3) is 5.91 Å². The lowest BCUT2D eigenvalue weighted by Gasteiger charge is -2.27. The van der Waals surface area contributed by atoms with Crippen LogP contribution in [-0.4, -0.2) is 35.9 Å². The van der Waals surface area contributed by atoms with Crippen LogP contribution in [0.1, 0.15) is 30.4 Å². The van der Waals surface area contributed by atoms with Gasteiger partial charge in [0.05, 0.1) is 0 Å². The van der Waals surface area contributed by atoms with Crippen molar-refractivity contribution in [3.8, 4) is 5.75 Å². The summed E-state index contributed by atoms with van der Waals surface area (Å²) in [6, 6.07) is 12.3. The van der Waals surface area contributed by atoms with Crippen LogP contribution in [-0.2, 0) is 21.5 Å². The van der Waals surface area contributed by atoms with Gasteiger partial charge in [-0.3, -0.25) is 14.5 Å². The van der Waals surface area contributed by atoms with E-state index in [9.17, 15) is 23.2 Å². The third-order valence-electron chi connectivity index (χ3n) is 5.57. The second kappa shape index (κ2) is 8.33. The Labute approximate surface area is 177 Å². The number of aryl methyl sites for hydroxylation is 1. The van der Waals surface area contributed by atoms with E-state index in [1.807, 2.05) is 24.3 Å². The predicted molar refractivity (Wildman–Crippen MR) is 108 cm³/mol. The number of urea groups is 1. The first-order valence-electron chi connectivity index (χ1n) is 9.96. The number of halogens is 2. The average molecular weight is 429 g/mol. The number of carbonyl (C=O) groups is 3. The van der Waals surface area contributed by atoms with E-state index in [0.29, 0.717) is 12.1 Å². The minimum Gasteiger partial charge on any atom is -0.435 e. The van der Waals surface area contributed by atoms with Crippen molar-refractivity contribution in [2.45, 2.75) is 37.8 Å². The Kier molecular flexibility index (Phi) is 5.58. The van der Waals surface area contributed by atoms with E-state index >= 15 is 0 Å². The molecular formula is C22H21F2N3O4. The number of anilines is 1. The van der Waals surface area contributed by atoms with Gasteiger partial charge in [-0.15, -0.1) is 0 Å². The molecule has 9 heteroatoms. The van der Waals surface area contributed by atoms with Crippen molar-refractivity contribution >= 4 is 23.5 Å². The third kappa shape index (κ3) is 4.08. The van der Waals surface area contributed by atoms with Crippen molar-refractivity contribution in [2.24, 2.45) is 0 Å². The first-order valence-corrected chi connectivity index (χ1v) is 9.96. The Morgan fingerprint density at radius 3 is 2.61 bits per heavy atom. The molecule has 2 aromatic carbocycles. The van der Waals surface area contributed by atoms with E-state index in [1.54, 1.807) is 0 Å². The Balaban J connectivity index is 1.48. The first-order chi connectivity index (χ1) is 14.9. The Morgan fingerprint density at radius 1 is 1.13 bits per heavy atom. The Hall–Kier alpha value is -3.49. The zero-order valence-electron chi connectivity index (χ0n) is 16.6. The van der Waals surface area contributed by atoms with Gasteiger partial charge in [-0.1, -0.05) is 24.3 Å². The van der Waals surface area contributed by atoms with Crippen LogP contribution in [0, 0.1) is 0 Å². The number of benzene rings is 2. The molecule has 0 radical (unpaired) electrons. The molecule has 1 fully saturated rings. The fourth-order valence-corrected chi connectivity index (χ4v) is 4.18. The second-order valence-electron chi connectivity index (χ2n) is 7.54. The zero-order valence-corrected chi connectivity index (χ0v) is 16.6. The monoisotopic (exact) mass is 429 g/mol. The quantitative estimate of drug-likeness (QED) is 0.714. The number of amides is 4. The second-order valence-corrected chi connectivity index (χ2v) is 7.54. The molecule has 7 nitrogen and oxygen atoms in total. The van der Waals surface area contributed by atoms with Crippen molar-refractivity contribution in [3.63, 3.8) is 0 Å². The first kappa shape index (κ1) is 20.8. The molecule has 1 spiro atoms. The summed E-state index contributed by atoms with van der Waals surface area (Å²) < 4.78 is 28.7. The summed E-state index contributed by atoms with van der Waals surface area (Å²) in [7, 11) is 0. The SMILES string of the molecule is O=C(CN1C(=O)NC2(CCCCc3ccccc32)C1=O)Nc1ccc(OC(F)F)cc1. The summed E-state index contributed by atoms with van der Waals surface area (Å²) in [6.07, 6.45) is 2.98. The van der Waals surface area contributed by atoms with E-state index in [0.717, 1.165) is 35.3 Å². The molecular weight excluding hydrogens is 408 g/mol. The van der Waals surface area contributed by atoms with Crippen LogP contribution >= 0.6 is 0 Å². The summed E-state index contributed by atoms with van der Waals surface area (Å²) >= 11 is 0. The van der Waals surface area contributed by atoms with Crippen LogP contribution in [0.3, 0.4) is 0 Å². The maximum absolute atomic E-state index is 13.3. The molecule has 0 aromatic heterocycles. The minimum atomic E-state index is -2.94. The molecule has 162 valence electrons. The number of rotatable bonds is 5. The number of carbonyl (C=O) groups excluding carboxylic acids is 3. The highest BCUT2D eigenvalue weighted by Crippen LogP contribution is 2.38. The van der Waals surface area contributed by atoms with E-state index in [1.165, 1.54) is 24.3 Å². The molecule has 1 unspecified atom stereocenters. The van der Waals surface area contributed by atoms with E-state index in [2.05, 4.69) is 15.4 Å². The fraction of sp³-hybridized carbons (Fsp3) is 0.318. The van der Waals surface area contributed by atoms with Gasteiger partial charge < -0.3 is 15.4 Å². The molecule has 2 N–H and O–H groups in total. The molecule has 4 rings (SSSR count). The van der Waals surface area contributed by atoms with Gasteiger partial charge in [0, 0.05) is 5.69 Å². The summed E-state index contributed by atoms with van der Waals surface area (Å²) in [4.78, 5) is 39.4. The molecule has 1 atom stereocenters. The molecule has 1 heterocycles. The molecule has 2 aromatic rings. The molecule has 4 amide bonds. The van der Waals surface area contributed by atoms with Gasteiger partial charge in [0.1, 0.15) is 17.8 Å². The van der Waals surface area contributed by atoms with Crippen molar-refractivity contribution in [3.05, 3.63) is 59.7 Å². The maximum atomic E-state index is 13.3. The summed E-state index contributed by atoms with van der Waals surface area (Å²) in [5.74, 6) is -1.07. The fourth-order valence-electron chi connectivity index (χ4n) is 4.18. The van der Waals surface area contributed by atoms with E-state index in [-0.39, 0.29) is 5.75 Å². The lowest BCUT2D eigenvalue weighted by molar-refractivity contribution is -0.134. The van der Waals surface area contributed by atoms with Crippen LogP contribution in [0.25, 0.3) is 0 Å². The van der Waals surface area contributed by atoms with Crippen molar-refractivity contribution in [1.29, 1.82) is 0 Å². The van der Waals surface area contributed by atoms with E-state index < -0.39 is 36.5 Å². The zero-order chi connectivity index (χ0) is 22.0. The van der Waals surface area contributed by atoms with E-state index in [4.69, 9.17) is 0 Å².